The first-order valence-electron chi connectivity index (χ1n) is 15.9. The predicted octanol–water partition coefficient (Wildman–Crippen LogP) is 5.19. The minimum absolute atomic E-state index is 0.00263. The van der Waals surface area contributed by atoms with Gasteiger partial charge in [-0.2, -0.15) is 0 Å². The minimum Gasteiger partial charge on any atom is -0.493 e. The minimum atomic E-state index is -1.09. The van der Waals surface area contributed by atoms with Crippen molar-refractivity contribution in [2.75, 3.05) is 26.8 Å². The fourth-order valence-electron chi connectivity index (χ4n) is 5.57. The maximum Gasteiger partial charge on any atom is 0.247 e. The highest BCUT2D eigenvalue weighted by Gasteiger charge is 2.42. The second kappa shape index (κ2) is 18.6. The quantitative estimate of drug-likeness (QED) is 0.0967. The highest BCUT2D eigenvalue weighted by atomic mass is 127. The van der Waals surface area contributed by atoms with Crippen molar-refractivity contribution in [2.45, 2.75) is 109 Å². The molecule has 1 fully saturated rings. The third-order valence-electron chi connectivity index (χ3n) is 8.22. The zero-order valence-corrected chi connectivity index (χ0v) is 27.9. The number of hydrogen-bond donors (Lipinski definition) is 3. The van der Waals surface area contributed by atoms with Gasteiger partial charge in [0.05, 0.1) is 23.3 Å². The molecule has 0 aromatic heterocycles. The fourth-order valence-corrected chi connectivity index (χ4v) is 6.32. The number of unbranched alkanes of at least 4 members (excludes halogenated alkanes) is 8. The third-order valence-corrected chi connectivity index (χ3v) is 9.02. The van der Waals surface area contributed by atoms with E-state index in [0.717, 1.165) is 38.4 Å². The number of nitrogens with zero attached hydrogens (tertiary/aromatic N) is 1. The molecule has 240 valence electrons. The Bertz CT molecular complexity index is 1090. The molecule has 0 spiro atoms. The number of rotatable bonds is 20. The molecule has 2 aliphatic rings. The summed E-state index contributed by atoms with van der Waals surface area (Å²) in [6, 6.07) is 2.57. The summed E-state index contributed by atoms with van der Waals surface area (Å²) in [4.78, 5) is 39.9. The lowest BCUT2D eigenvalue weighted by molar-refractivity contribution is -0.139. The summed E-state index contributed by atoms with van der Waals surface area (Å²) < 4.78 is 12.4. The van der Waals surface area contributed by atoms with Gasteiger partial charge in [0.15, 0.2) is 11.5 Å². The number of methoxy groups -OCH3 is 1. The van der Waals surface area contributed by atoms with Gasteiger partial charge in [-0.1, -0.05) is 58.3 Å². The molecule has 0 bridgehead atoms. The summed E-state index contributed by atoms with van der Waals surface area (Å²) in [7, 11) is 1.47. The van der Waals surface area contributed by atoms with Crippen LogP contribution >= 0.6 is 22.6 Å². The smallest absolute Gasteiger partial charge is 0.247 e. The molecule has 3 unspecified atom stereocenters. The van der Waals surface area contributed by atoms with Gasteiger partial charge in [-0.15, -0.1) is 0 Å². The molecule has 0 heterocycles. The van der Waals surface area contributed by atoms with Crippen LogP contribution in [0.3, 0.4) is 0 Å². The number of carbonyl (C=O) groups is 3. The van der Waals surface area contributed by atoms with E-state index in [1.54, 1.807) is 23.1 Å². The molecule has 2 aliphatic carbocycles. The van der Waals surface area contributed by atoms with Gasteiger partial charge in [-0.25, -0.2) is 0 Å². The van der Waals surface area contributed by atoms with Gasteiger partial charge in [0.25, 0.3) is 0 Å². The molecular formula is C33H49IN2O7. The number of halogens is 1. The van der Waals surface area contributed by atoms with Crippen LogP contribution in [0.1, 0.15) is 101 Å². The molecule has 3 N–H and O–H groups in total. The van der Waals surface area contributed by atoms with Gasteiger partial charge in [0.1, 0.15) is 18.5 Å². The normalized spacial score (nSPS) is 19.8. The number of carbonyl (C=O) groups excluding carboxylic acids is 3. The molecule has 1 saturated carbocycles. The van der Waals surface area contributed by atoms with E-state index in [2.05, 4.69) is 12.2 Å². The number of hydrogen-bond acceptors (Lipinski definition) is 7. The summed E-state index contributed by atoms with van der Waals surface area (Å²) in [6.45, 7) is 2.66. The molecule has 0 saturated heterocycles. The summed E-state index contributed by atoms with van der Waals surface area (Å²) in [6.07, 6.45) is 13.4. The van der Waals surface area contributed by atoms with E-state index in [9.17, 15) is 24.6 Å². The van der Waals surface area contributed by atoms with Crippen molar-refractivity contribution in [1.82, 2.24) is 10.2 Å². The highest BCUT2D eigenvalue weighted by Crippen LogP contribution is 2.38. The molecule has 0 aliphatic heterocycles. The zero-order chi connectivity index (χ0) is 31.2. The van der Waals surface area contributed by atoms with Crippen LogP contribution in [0, 0.1) is 9.49 Å². The number of aldehydes is 1. The highest BCUT2D eigenvalue weighted by molar-refractivity contribution is 14.1. The standard InChI is InChI=1S/C33H49IN2O7/c1-3-4-5-6-7-8-9-10-11-12-30(39)36(21-23-13-14-23)27-19-25(33(41)35-15-16-37)20-28(31(27)40)43-32-26(34)17-24(22-38)18-29(32)42-2/h17-18,20,22-23,27-28,31,37,40H,3-16,19,21H2,1-2H3,(H,35,41). The summed E-state index contributed by atoms with van der Waals surface area (Å²) in [5, 5.41) is 23.6. The number of ether oxygens (including phenoxy) is 2. The van der Waals surface area contributed by atoms with Crippen LogP contribution in [0.5, 0.6) is 11.5 Å². The zero-order valence-electron chi connectivity index (χ0n) is 25.7. The van der Waals surface area contributed by atoms with Crippen molar-refractivity contribution in [3.05, 3.63) is 32.9 Å². The maximum atomic E-state index is 13.7. The van der Waals surface area contributed by atoms with Crippen LogP contribution < -0.4 is 14.8 Å². The second-order valence-electron chi connectivity index (χ2n) is 11.7. The Morgan fingerprint density at radius 1 is 1.09 bits per heavy atom. The number of aliphatic hydroxyl groups is 2. The van der Waals surface area contributed by atoms with E-state index in [1.807, 2.05) is 22.6 Å². The van der Waals surface area contributed by atoms with Crippen LogP contribution in [-0.2, 0) is 9.59 Å². The van der Waals surface area contributed by atoms with E-state index in [-0.39, 0.29) is 31.4 Å². The molecule has 3 rings (SSSR count). The number of nitrogens with one attached hydrogen (secondary N) is 1. The van der Waals surface area contributed by atoms with Crippen molar-refractivity contribution < 1.29 is 34.1 Å². The molecule has 0 radical (unpaired) electrons. The van der Waals surface area contributed by atoms with Crippen LogP contribution in [0.4, 0.5) is 0 Å². The number of amides is 2. The van der Waals surface area contributed by atoms with Crippen molar-refractivity contribution in [2.24, 2.45) is 5.92 Å². The summed E-state index contributed by atoms with van der Waals surface area (Å²) in [5.74, 6) is 0.708. The molecular weight excluding hydrogens is 663 g/mol. The van der Waals surface area contributed by atoms with Gasteiger partial charge in [0.2, 0.25) is 11.8 Å². The van der Waals surface area contributed by atoms with Gasteiger partial charge in [-0.05, 0) is 66.0 Å². The molecule has 1 aromatic carbocycles. The topological polar surface area (TPSA) is 125 Å². The number of aliphatic hydroxyl groups excluding tert-OH is 2. The Morgan fingerprint density at radius 2 is 1.77 bits per heavy atom. The van der Waals surface area contributed by atoms with Crippen molar-refractivity contribution in [3.63, 3.8) is 0 Å². The Balaban J connectivity index is 1.76. The molecule has 43 heavy (non-hydrogen) atoms. The Labute approximate surface area is 269 Å². The first-order chi connectivity index (χ1) is 20.8. The third kappa shape index (κ3) is 11.0. The molecule has 10 heteroatoms. The molecule has 9 nitrogen and oxygen atoms in total. The van der Waals surface area contributed by atoms with Crippen LogP contribution in [0.2, 0.25) is 0 Å². The Morgan fingerprint density at radius 3 is 2.37 bits per heavy atom. The molecule has 3 atom stereocenters. The van der Waals surface area contributed by atoms with E-state index < -0.39 is 18.2 Å². The van der Waals surface area contributed by atoms with Crippen LogP contribution in [0.15, 0.2) is 23.8 Å². The average Bonchev–Trinajstić information content (AvgIpc) is 3.83. The van der Waals surface area contributed by atoms with E-state index in [1.165, 1.54) is 45.6 Å². The monoisotopic (exact) mass is 712 g/mol. The molecule has 1 aromatic rings. The summed E-state index contributed by atoms with van der Waals surface area (Å²) in [5.41, 5.74) is 0.817. The van der Waals surface area contributed by atoms with Crippen molar-refractivity contribution in [1.29, 1.82) is 0 Å². The second-order valence-corrected chi connectivity index (χ2v) is 12.9. The summed E-state index contributed by atoms with van der Waals surface area (Å²) >= 11 is 2.05. The van der Waals surface area contributed by atoms with E-state index in [4.69, 9.17) is 9.47 Å². The van der Waals surface area contributed by atoms with Crippen molar-refractivity contribution in [3.8, 4) is 11.5 Å². The lowest BCUT2D eigenvalue weighted by atomic mass is 9.87. The van der Waals surface area contributed by atoms with Gasteiger partial charge in [0, 0.05) is 37.1 Å². The van der Waals surface area contributed by atoms with E-state index in [0.29, 0.717) is 45.1 Å². The number of benzene rings is 1. The van der Waals surface area contributed by atoms with E-state index >= 15 is 0 Å². The van der Waals surface area contributed by atoms with Gasteiger partial charge in [-0.3, -0.25) is 14.4 Å². The first kappa shape index (κ1) is 35.3. The van der Waals surface area contributed by atoms with Crippen LogP contribution in [0.25, 0.3) is 0 Å². The largest absolute Gasteiger partial charge is 0.493 e. The maximum absolute atomic E-state index is 13.7. The van der Waals surface area contributed by atoms with Gasteiger partial charge >= 0.3 is 0 Å². The van der Waals surface area contributed by atoms with Crippen molar-refractivity contribution >= 4 is 40.7 Å². The fraction of sp³-hybridized carbons (Fsp3) is 0.667. The lowest BCUT2D eigenvalue weighted by Crippen LogP contribution is -2.55. The average molecular weight is 713 g/mol. The SMILES string of the molecule is CCCCCCCCCCCC(=O)N(CC1CC1)C1CC(C(=O)NCCO)=CC(Oc2c(I)cc(C=O)cc2OC)C1O. The van der Waals surface area contributed by atoms with Gasteiger partial charge < -0.3 is 29.9 Å². The molecule has 2 amide bonds. The predicted molar refractivity (Wildman–Crippen MR) is 174 cm³/mol. The first-order valence-corrected chi connectivity index (χ1v) is 17.0. The lowest BCUT2D eigenvalue weighted by Gasteiger charge is -2.41. The van der Waals surface area contributed by atoms with Crippen LogP contribution in [-0.4, -0.2) is 78.3 Å². The Kier molecular flexibility index (Phi) is 15.3. The Hall–Kier alpha value is -2.18.